The van der Waals surface area contributed by atoms with Crippen LogP contribution in [-0.4, -0.2) is 31.9 Å². The topological polar surface area (TPSA) is 15.3 Å². The normalized spacial score (nSPS) is 20.8. The smallest absolute Gasteiger partial charge is 0.0504 e. The van der Waals surface area contributed by atoms with Gasteiger partial charge in [0.25, 0.3) is 0 Å². The predicted molar refractivity (Wildman–Crippen MR) is 79.7 cm³/mol. The number of aryl methyl sites for hydroxylation is 1. The summed E-state index contributed by atoms with van der Waals surface area (Å²) < 4.78 is 0. The van der Waals surface area contributed by atoms with E-state index in [0.29, 0.717) is 0 Å². The minimum Gasteiger partial charge on any atom is -0.370 e. The van der Waals surface area contributed by atoms with Gasteiger partial charge in [-0.2, -0.15) is 0 Å². The minimum absolute atomic E-state index is 0.878. The van der Waals surface area contributed by atoms with Gasteiger partial charge in [0.2, 0.25) is 0 Å². The van der Waals surface area contributed by atoms with Gasteiger partial charge in [-0.25, -0.2) is 0 Å². The second kappa shape index (κ2) is 5.54. The molecule has 3 heteroatoms. The summed E-state index contributed by atoms with van der Waals surface area (Å²) >= 11 is 2.01. The molecule has 0 atom stereocenters. The van der Waals surface area contributed by atoms with Crippen LogP contribution in [0.5, 0.6) is 0 Å². The summed E-state index contributed by atoms with van der Waals surface area (Å²) in [5, 5.41) is 3.46. The first-order valence-corrected chi connectivity index (χ1v) is 8.00. The van der Waals surface area contributed by atoms with Crippen LogP contribution < -0.4 is 10.2 Å². The largest absolute Gasteiger partial charge is 0.370 e. The van der Waals surface area contributed by atoms with Crippen LogP contribution in [0, 0.1) is 12.8 Å². The summed E-state index contributed by atoms with van der Waals surface area (Å²) in [6, 6.07) is 6.91. The third-order valence-corrected chi connectivity index (χ3v) is 5.04. The Morgan fingerprint density at radius 1 is 1.33 bits per heavy atom. The first-order valence-electron chi connectivity index (χ1n) is 7.02. The van der Waals surface area contributed by atoms with E-state index in [9.17, 15) is 0 Å². The number of benzene rings is 1. The molecule has 0 spiro atoms. The van der Waals surface area contributed by atoms with E-state index < -0.39 is 0 Å². The van der Waals surface area contributed by atoms with Crippen molar-refractivity contribution in [3.63, 3.8) is 0 Å². The van der Waals surface area contributed by atoms with Gasteiger partial charge in [-0.1, -0.05) is 6.07 Å². The van der Waals surface area contributed by atoms with Gasteiger partial charge in [-0.15, -0.1) is 11.8 Å². The zero-order valence-electron chi connectivity index (χ0n) is 11.1. The van der Waals surface area contributed by atoms with E-state index >= 15 is 0 Å². The Labute approximate surface area is 114 Å². The lowest BCUT2D eigenvalue weighted by Crippen LogP contribution is -2.38. The van der Waals surface area contributed by atoms with Crippen LogP contribution in [0.4, 0.5) is 5.69 Å². The van der Waals surface area contributed by atoms with Crippen LogP contribution in [0.2, 0.25) is 0 Å². The van der Waals surface area contributed by atoms with E-state index in [4.69, 9.17) is 0 Å². The average Bonchev–Trinajstić information content (AvgIpc) is 2.40. The first kappa shape index (κ1) is 12.4. The van der Waals surface area contributed by atoms with Gasteiger partial charge in [0.05, 0.1) is 5.69 Å². The molecule has 1 N–H and O–H groups in total. The molecule has 0 aliphatic carbocycles. The lowest BCUT2D eigenvalue weighted by Gasteiger charge is -2.35. The maximum absolute atomic E-state index is 3.46. The Morgan fingerprint density at radius 2 is 2.17 bits per heavy atom. The van der Waals surface area contributed by atoms with Gasteiger partial charge < -0.3 is 10.2 Å². The van der Waals surface area contributed by atoms with E-state index in [-0.39, 0.29) is 0 Å². The number of nitrogens with zero attached hydrogens (tertiary/aromatic N) is 1. The molecule has 1 fully saturated rings. The number of rotatable bonds is 2. The number of hydrogen-bond donors (Lipinski definition) is 1. The van der Waals surface area contributed by atoms with Crippen molar-refractivity contribution in [2.24, 2.45) is 5.92 Å². The number of anilines is 1. The van der Waals surface area contributed by atoms with Crippen LogP contribution >= 0.6 is 11.8 Å². The highest BCUT2D eigenvalue weighted by atomic mass is 32.2. The fourth-order valence-electron chi connectivity index (χ4n) is 2.95. The van der Waals surface area contributed by atoms with Crippen LogP contribution in [0.3, 0.4) is 0 Å². The Bertz CT molecular complexity index is 413. The highest BCUT2D eigenvalue weighted by Gasteiger charge is 2.21. The van der Waals surface area contributed by atoms with Gasteiger partial charge in [-0.3, -0.25) is 0 Å². The molecule has 0 unspecified atom stereocenters. The second-order valence-electron chi connectivity index (χ2n) is 5.46. The van der Waals surface area contributed by atoms with Crippen molar-refractivity contribution in [2.75, 3.05) is 36.8 Å². The summed E-state index contributed by atoms with van der Waals surface area (Å²) in [7, 11) is 0. The molecule has 1 aromatic rings. The molecule has 0 aromatic heterocycles. The molecule has 0 radical (unpaired) electrons. The highest BCUT2D eigenvalue weighted by Crippen LogP contribution is 2.36. The van der Waals surface area contributed by atoms with E-state index in [0.717, 1.165) is 5.92 Å². The van der Waals surface area contributed by atoms with Gasteiger partial charge in [0.1, 0.15) is 0 Å². The van der Waals surface area contributed by atoms with Crippen LogP contribution in [0.15, 0.2) is 23.1 Å². The summed E-state index contributed by atoms with van der Waals surface area (Å²) in [5.74, 6) is 2.12. The average molecular weight is 262 g/mol. The number of fused-ring (bicyclic) bond motifs is 1. The molecule has 2 aliphatic rings. The first-order chi connectivity index (χ1) is 8.83. The van der Waals surface area contributed by atoms with Crippen molar-refractivity contribution in [3.8, 4) is 0 Å². The predicted octanol–water partition coefficient (Wildman–Crippen LogP) is 2.91. The Morgan fingerprint density at radius 3 is 3.00 bits per heavy atom. The molecule has 0 saturated carbocycles. The Hall–Kier alpha value is -0.670. The molecule has 3 rings (SSSR count). The molecule has 1 aromatic carbocycles. The minimum atomic E-state index is 0.878. The number of thioether (sulfide) groups is 1. The molecule has 2 nitrogen and oxygen atoms in total. The Balaban J connectivity index is 1.74. The van der Waals surface area contributed by atoms with E-state index in [2.05, 4.69) is 35.3 Å². The molecule has 0 bridgehead atoms. The number of piperidine rings is 1. The quantitative estimate of drug-likeness (QED) is 0.882. The van der Waals surface area contributed by atoms with Crippen molar-refractivity contribution >= 4 is 17.4 Å². The monoisotopic (exact) mass is 262 g/mol. The van der Waals surface area contributed by atoms with Crippen molar-refractivity contribution in [2.45, 2.75) is 24.7 Å². The fraction of sp³-hybridized carbons (Fsp3) is 0.600. The van der Waals surface area contributed by atoms with Gasteiger partial charge >= 0.3 is 0 Å². The maximum atomic E-state index is 3.46. The van der Waals surface area contributed by atoms with Crippen molar-refractivity contribution in [3.05, 3.63) is 23.8 Å². The summed E-state index contributed by atoms with van der Waals surface area (Å²) in [6.07, 6.45) is 2.68. The summed E-state index contributed by atoms with van der Waals surface area (Å²) in [5.41, 5.74) is 2.85. The van der Waals surface area contributed by atoms with Gasteiger partial charge in [-0.05, 0) is 56.5 Å². The molecule has 1 saturated heterocycles. The number of hydrogen-bond acceptors (Lipinski definition) is 3. The molecular weight excluding hydrogens is 240 g/mol. The third kappa shape index (κ3) is 2.67. The summed E-state index contributed by atoms with van der Waals surface area (Å²) in [6.45, 7) is 7.05. The standard InChI is InChI=1S/C15H22N2S/c1-12-2-3-14-15(10-12)18-9-8-17(14)11-13-4-6-16-7-5-13/h2-3,10,13,16H,4-9,11H2,1H3. The molecule has 2 aliphatic heterocycles. The second-order valence-corrected chi connectivity index (χ2v) is 6.60. The van der Waals surface area contributed by atoms with Crippen LogP contribution in [-0.2, 0) is 0 Å². The third-order valence-electron chi connectivity index (χ3n) is 4.01. The zero-order chi connectivity index (χ0) is 12.4. The van der Waals surface area contributed by atoms with Crippen molar-refractivity contribution in [1.29, 1.82) is 0 Å². The van der Waals surface area contributed by atoms with Gasteiger partial charge in [0, 0.05) is 23.7 Å². The fourth-order valence-corrected chi connectivity index (χ4v) is 4.10. The number of nitrogens with one attached hydrogen (secondary N) is 1. The molecule has 18 heavy (non-hydrogen) atoms. The van der Waals surface area contributed by atoms with Crippen LogP contribution in [0.25, 0.3) is 0 Å². The van der Waals surface area contributed by atoms with Crippen molar-refractivity contribution in [1.82, 2.24) is 5.32 Å². The van der Waals surface area contributed by atoms with E-state index in [1.807, 2.05) is 11.8 Å². The highest BCUT2D eigenvalue weighted by molar-refractivity contribution is 7.99. The summed E-state index contributed by atoms with van der Waals surface area (Å²) in [4.78, 5) is 4.09. The molecular formula is C15H22N2S. The zero-order valence-corrected chi connectivity index (χ0v) is 11.9. The SMILES string of the molecule is Cc1ccc2c(c1)SCCN2CC1CCNCC1. The van der Waals surface area contributed by atoms with E-state index in [1.165, 1.54) is 60.9 Å². The van der Waals surface area contributed by atoms with E-state index in [1.54, 1.807) is 0 Å². The van der Waals surface area contributed by atoms with Crippen molar-refractivity contribution < 1.29 is 0 Å². The van der Waals surface area contributed by atoms with Crippen LogP contribution in [0.1, 0.15) is 18.4 Å². The Kier molecular flexibility index (Phi) is 3.80. The maximum Gasteiger partial charge on any atom is 0.0504 e. The molecule has 98 valence electrons. The molecule has 2 heterocycles. The lowest BCUT2D eigenvalue weighted by atomic mass is 9.97. The van der Waals surface area contributed by atoms with Gasteiger partial charge in [0.15, 0.2) is 0 Å². The molecule has 0 amide bonds. The lowest BCUT2D eigenvalue weighted by molar-refractivity contribution is 0.374.